The fourth-order valence-electron chi connectivity index (χ4n) is 1.75. The fraction of sp³-hybridized carbons (Fsp3) is 0.231. The van der Waals surface area contributed by atoms with Crippen LogP contribution in [0.25, 0.3) is 10.9 Å². The molecule has 4 heteroatoms. The van der Waals surface area contributed by atoms with Gasteiger partial charge in [-0.15, -0.1) is 0 Å². The maximum absolute atomic E-state index is 11.6. The number of benzene rings is 1. The van der Waals surface area contributed by atoms with Crippen molar-refractivity contribution in [2.75, 3.05) is 6.61 Å². The number of esters is 1. The zero-order chi connectivity index (χ0) is 12.4. The Kier molecular flexibility index (Phi) is 2.95. The Bertz CT molecular complexity index is 583. The van der Waals surface area contributed by atoms with E-state index in [0.717, 1.165) is 10.9 Å². The van der Waals surface area contributed by atoms with Crippen molar-refractivity contribution in [2.45, 2.75) is 13.8 Å². The van der Waals surface area contributed by atoms with Gasteiger partial charge in [-0.2, -0.15) is 0 Å². The van der Waals surface area contributed by atoms with Crippen LogP contribution in [0, 0.1) is 0 Å². The molecule has 0 bridgehead atoms. The number of carbonyl (C=O) groups is 2. The zero-order valence-corrected chi connectivity index (χ0v) is 9.74. The highest BCUT2D eigenvalue weighted by Crippen LogP contribution is 2.20. The van der Waals surface area contributed by atoms with Crippen molar-refractivity contribution in [2.24, 2.45) is 0 Å². The number of nitrogens with one attached hydrogen (secondary N) is 1. The molecule has 0 spiro atoms. The summed E-state index contributed by atoms with van der Waals surface area (Å²) >= 11 is 0. The molecule has 0 fully saturated rings. The molecule has 1 N–H and O–H groups in total. The van der Waals surface area contributed by atoms with E-state index in [4.69, 9.17) is 4.74 Å². The van der Waals surface area contributed by atoms with Crippen molar-refractivity contribution in [3.05, 3.63) is 35.5 Å². The van der Waals surface area contributed by atoms with Gasteiger partial charge in [0.2, 0.25) is 0 Å². The average molecular weight is 231 g/mol. The lowest BCUT2D eigenvalue weighted by molar-refractivity contribution is 0.0526. The molecule has 17 heavy (non-hydrogen) atoms. The van der Waals surface area contributed by atoms with Crippen molar-refractivity contribution in [1.29, 1.82) is 0 Å². The molecular formula is C13H13NO3. The smallest absolute Gasteiger partial charge is 0.338 e. The van der Waals surface area contributed by atoms with Crippen LogP contribution < -0.4 is 0 Å². The molecule has 4 nitrogen and oxygen atoms in total. The second-order valence-electron chi connectivity index (χ2n) is 3.74. The van der Waals surface area contributed by atoms with Crippen LogP contribution in [0.2, 0.25) is 0 Å². The summed E-state index contributed by atoms with van der Waals surface area (Å²) < 4.78 is 4.92. The zero-order valence-electron chi connectivity index (χ0n) is 9.74. The predicted molar refractivity (Wildman–Crippen MR) is 64.3 cm³/mol. The maximum atomic E-state index is 11.6. The molecule has 2 rings (SSSR count). The first-order valence-electron chi connectivity index (χ1n) is 5.42. The van der Waals surface area contributed by atoms with E-state index < -0.39 is 0 Å². The topological polar surface area (TPSA) is 59.2 Å². The summed E-state index contributed by atoms with van der Waals surface area (Å²) in [6.07, 6.45) is 1.65. The molecule has 1 heterocycles. The number of aromatic nitrogens is 1. The van der Waals surface area contributed by atoms with Crippen LogP contribution >= 0.6 is 0 Å². The van der Waals surface area contributed by atoms with Crippen LogP contribution in [0.1, 0.15) is 34.6 Å². The summed E-state index contributed by atoms with van der Waals surface area (Å²) in [5.41, 5.74) is 1.89. The van der Waals surface area contributed by atoms with Gasteiger partial charge >= 0.3 is 5.97 Å². The Morgan fingerprint density at radius 2 is 2.12 bits per heavy atom. The van der Waals surface area contributed by atoms with Crippen molar-refractivity contribution >= 4 is 22.7 Å². The maximum Gasteiger partial charge on any atom is 0.338 e. The molecule has 88 valence electrons. The third kappa shape index (κ3) is 2.06. The third-order valence-electron chi connectivity index (χ3n) is 2.57. The summed E-state index contributed by atoms with van der Waals surface area (Å²) in [5, 5.41) is 0.753. The van der Waals surface area contributed by atoms with Gasteiger partial charge < -0.3 is 9.72 Å². The summed E-state index contributed by atoms with van der Waals surface area (Å²) in [4.78, 5) is 26.0. The molecule has 0 saturated heterocycles. The highest BCUT2D eigenvalue weighted by atomic mass is 16.5. The number of ether oxygens (including phenoxy) is 1. The van der Waals surface area contributed by atoms with Crippen LogP contribution in [0.15, 0.2) is 24.4 Å². The first-order chi connectivity index (χ1) is 8.13. The van der Waals surface area contributed by atoms with Gasteiger partial charge in [-0.05, 0) is 32.0 Å². The van der Waals surface area contributed by atoms with Crippen LogP contribution in [-0.4, -0.2) is 23.3 Å². The Balaban J connectivity index is 2.51. The molecule has 0 radical (unpaired) electrons. The van der Waals surface area contributed by atoms with Gasteiger partial charge in [-0.25, -0.2) is 4.79 Å². The predicted octanol–water partition coefficient (Wildman–Crippen LogP) is 2.55. The van der Waals surface area contributed by atoms with E-state index in [1.165, 1.54) is 6.92 Å². The molecule has 0 atom stereocenters. The van der Waals surface area contributed by atoms with Crippen molar-refractivity contribution < 1.29 is 14.3 Å². The van der Waals surface area contributed by atoms with Crippen molar-refractivity contribution in [1.82, 2.24) is 4.98 Å². The monoisotopic (exact) mass is 231 g/mol. The van der Waals surface area contributed by atoms with E-state index in [2.05, 4.69) is 4.98 Å². The van der Waals surface area contributed by atoms with E-state index in [1.807, 2.05) is 0 Å². The standard InChI is InChI=1S/C13H13NO3/c1-3-17-13(16)9-4-5-12-10(6-9)11(7-14-12)8(2)15/h4-7,14H,3H2,1-2H3. The van der Waals surface area contributed by atoms with Gasteiger partial charge in [0.1, 0.15) is 0 Å². The molecule has 0 saturated carbocycles. The van der Waals surface area contributed by atoms with Crippen LogP contribution in [0.5, 0.6) is 0 Å². The highest BCUT2D eigenvalue weighted by Gasteiger charge is 2.12. The largest absolute Gasteiger partial charge is 0.462 e. The Labute approximate surface area is 98.6 Å². The minimum atomic E-state index is -0.370. The van der Waals surface area contributed by atoms with Crippen LogP contribution in [0.3, 0.4) is 0 Å². The molecule has 0 amide bonds. The van der Waals surface area contributed by atoms with Gasteiger partial charge in [0, 0.05) is 22.7 Å². The number of aromatic amines is 1. The lowest BCUT2D eigenvalue weighted by Gasteiger charge is -2.02. The van der Waals surface area contributed by atoms with Gasteiger partial charge in [0.25, 0.3) is 0 Å². The van der Waals surface area contributed by atoms with Gasteiger partial charge in [0.15, 0.2) is 5.78 Å². The van der Waals surface area contributed by atoms with Gasteiger partial charge in [-0.3, -0.25) is 4.79 Å². The normalized spacial score (nSPS) is 10.5. The molecule has 0 aliphatic heterocycles. The van der Waals surface area contributed by atoms with E-state index in [-0.39, 0.29) is 11.8 Å². The molecule has 1 aromatic heterocycles. The lowest BCUT2D eigenvalue weighted by Crippen LogP contribution is -2.04. The number of H-pyrrole nitrogens is 1. The van der Waals surface area contributed by atoms with E-state index in [1.54, 1.807) is 31.3 Å². The first-order valence-corrected chi connectivity index (χ1v) is 5.42. The lowest BCUT2D eigenvalue weighted by atomic mass is 10.1. The molecular weight excluding hydrogens is 218 g/mol. The number of hydrogen-bond acceptors (Lipinski definition) is 3. The van der Waals surface area contributed by atoms with Crippen molar-refractivity contribution in [3.8, 4) is 0 Å². The van der Waals surface area contributed by atoms with Crippen molar-refractivity contribution in [3.63, 3.8) is 0 Å². The molecule has 2 aromatic rings. The number of fused-ring (bicyclic) bond motifs is 1. The number of hydrogen-bond donors (Lipinski definition) is 1. The average Bonchev–Trinajstić information content (AvgIpc) is 2.71. The highest BCUT2D eigenvalue weighted by molar-refractivity contribution is 6.08. The summed E-state index contributed by atoms with van der Waals surface area (Å²) in [5.74, 6) is -0.401. The second-order valence-corrected chi connectivity index (χ2v) is 3.74. The molecule has 0 aliphatic rings. The van der Waals surface area contributed by atoms with E-state index in [9.17, 15) is 9.59 Å². The minimum absolute atomic E-state index is 0.0303. The van der Waals surface area contributed by atoms with Crippen LogP contribution in [-0.2, 0) is 4.74 Å². The quantitative estimate of drug-likeness (QED) is 0.652. The minimum Gasteiger partial charge on any atom is -0.462 e. The number of carbonyl (C=O) groups excluding carboxylic acids is 2. The summed E-state index contributed by atoms with van der Waals surface area (Å²) in [7, 11) is 0. The van der Waals surface area contributed by atoms with E-state index >= 15 is 0 Å². The molecule has 1 aromatic carbocycles. The van der Waals surface area contributed by atoms with E-state index in [0.29, 0.717) is 17.7 Å². The Morgan fingerprint density at radius 3 is 2.76 bits per heavy atom. The fourth-order valence-corrected chi connectivity index (χ4v) is 1.75. The Morgan fingerprint density at radius 1 is 1.35 bits per heavy atom. The van der Waals surface area contributed by atoms with Crippen LogP contribution in [0.4, 0.5) is 0 Å². The summed E-state index contributed by atoms with van der Waals surface area (Å²) in [6.45, 7) is 3.59. The number of Topliss-reactive ketones (excluding diaryl/α,β-unsaturated/α-hetero) is 1. The summed E-state index contributed by atoms with van der Waals surface area (Å²) in [6, 6.07) is 5.13. The second kappa shape index (κ2) is 4.41. The number of rotatable bonds is 3. The van der Waals surface area contributed by atoms with Gasteiger partial charge in [-0.1, -0.05) is 0 Å². The third-order valence-corrected chi connectivity index (χ3v) is 2.57. The SMILES string of the molecule is CCOC(=O)c1ccc2[nH]cc(C(C)=O)c2c1. The molecule has 0 unspecified atom stereocenters. The first kappa shape index (κ1) is 11.4. The molecule has 0 aliphatic carbocycles. The Hall–Kier alpha value is -2.10. The van der Waals surface area contributed by atoms with Gasteiger partial charge in [0.05, 0.1) is 12.2 Å². The number of ketones is 1.